The molecule has 164 valence electrons. The van der Waals surface area contributed by atoms with E-state index >= 15 is 0 Å². The van der Waals surface area contributed by atoms with Gasteiger partial charge in [0, 0.05) is 11.9 Å². The third-order valence-electron chi connectivity index (χ3n) is 5.12. The first-order chi connectivity index (χ1) is 15.5. The van der Waals surface area contributed by atoms with Crippen LogP contribution in [0.15, 0.2) is 69.6 Å². The molecule has 4 rings (SSSR count). The number of pyridine rings is 1. The number of rotatable bonds is 7. The maximum absolute atomic E-state index is 13.5. The van der Waals surface area contributed by atoms with E-state index in [1.807, 2.05) is 55.5 Å². The van der Waals surface area contributed by atoms with Gasteiger partial charge in [-0.2, -0.15) is 0 Å². The van der Waals surface area contributed by atoms with E-state index in [0.29, 0.717) is 34.9 Å². The molecule has 2 aromatic heterocycles. The van der Waals surface area contributed by atoms with Crippen molar-refractivity contribution < 1.29 is 18.7 Å². The Bertz CT molecular complexity index is 1250. The van der Waals surface area contributed by atoms with Gasteiger partial charge in [-0.3, -0.25) is 4.79 Å². The lowest BCUT2D eigenvalue weighted by molar-refractivity contribution is 0.0711. The molecule has 0 bridgehead atoms. The number of halogens is 1. The zero-order chi connectivity index (χ0) is 22.7. The summed E-state index contributed by atoms with van der Waals surface area (Å²) in [5.74, 6) is 1.61. The summed E-state index contributed by atoms with van der Waals surface area (Å²) in [6.07, 6.45) is 0. The molecule has 32 heavy (non-hydrogen) atoms. The van der Waals surface area contributed by atoms with Crippen molar-refractivity contribution >= 4 is 32.8 Å². The molecule has 0 spiro atoms. The first kappa shape index (κ1) is 21.9. The number of nitrogens with zero attached hydrogens (tertiary/aromatic N) is 2. The van der Waals surface area contributed by atoms with E-state index in [-0.39, 0.29) is 5.91 Å². The fraction of sp³-hybridized carbons (Fsp3) is 0.200. The highest BCUT2D eigenvalue weighted by molar-refractivity contribution is 9.10. The summed E-state index contributed by atoms with van der Waals surface area (Å²) in [4.78, 5) is 19.5. The summed E-state index contributed by atoms with van der Waals surface area (Å²) < 4.78 is 17.2. The van der Waals surface area contributed by atoms with Crippen molar-refractivity contribution in [3.63, 3.8) is 0 Å². The molecule has 0 aliphatic carbocycles. The number of aryl methyl sites for hydroxylation is 1. The van der Waals surface area contributed by atoms with Crippen molar-refractivity contribution in [2.75, 3.05) is 14.2 Å². The highest BCUT2D eigenvalue weighted by Gasteiger charge is 2.21. The zero-order valence-corrected chi connectivity index (χ0v) is 19.7. The Balaban J connectivity index is 1.66. The van der Waals surface area contributed by atoms with Gasteiger partial charge in [-0.25, -0.2) is 4.98 Å². The predicted molar refractivity (Wildman–Crippen MR) is 126 cm³/mol. The lowest BCUT2D eigenvalue weighted by atomic mass is 10.1. The number of furan rings is 1. The molecule has 1 amide bonds. The van der Waals surface area contributed by atoms with Crippen molar-refractivity contribution in [1.82, 2.24) is 9.88 Å². The number of ether oxygens (including phenoxy) is 2. The Labute approximate surface area is 194 Å². The number of fused-ring (bicyclic) bond motifs is 1. The van der Waals surface area contributed by atoms with Crippen LogP contribution in [-0.4, -0.2) is 30.0 Å². The fourth-order valence-corrected chi connectivity index (χ4v) is 3.84. The number of benzene rings is 2. The topological polar surface area (TPSA) is 64.8 Å². The second kappa shape index (κ2) is 9.44. The van der Waals surface area contributed by atoms with E-state index in [0.717, 1.165) is 27.8 Å². The molecule has 7 heteroatoms. The van der Waals surface area contributed by atoms with Crippen LogP contribution >= 0.6 is 15.9 Å². The molecule has 4 aromatic rings. The summed E-state index contributed by atoms with van der Waals surface area (Å²) in [5.41, 5.74) is 3.19. The molecule has 0 N–H and O–H groups in total. The molecule has 0 radical (unpaired) electrons. The van der Waals surface area contributed by atoms with E-state index in [4.69, 9.17) is 13.9 Å². The summed E-state index contributed by atoms with van der Waals surface area (Å²) >= 11 is 3.38. The van der Waals surface area contributed by atoms with Gasteiger partial charge in [-0.1, -0.05) is 24.3 Å². The van der Waals surface area contributed by atoms with Gasteiger partial charge < -0.3 is 18.8 Å². The second-order valence-corrected chi connectivity index (χ2v) is 8.31. The quantitative estimate of drug-likeness (QED) is 0.326. The lowest BCUT2D eigenvalue weighted by Crippen LogP contribution is -2.30. The van der Waals surface area contributed by atoms with Gasteiger partial charge in [0.2, 0.25) is 5.88 Å². The lowest BCUT2D eigenvalue weighted by Gasteiger charge is -2.22. The van der Waals surface area contributed by atoms with Crippen molar-refractivity contribution in [2.45, 2.75) is 20.0 Å². The van der Waals surface area contributed by atoms with Gasteiger partial charge in [-0.05, 0) is 70.4 Å². The molecule has 0 fully saturated rings. The van der Waals surface area contributed by atoms with Crippen LogP contribution in [0.4, 0.5) is 0 Å². The largest absolute Gasteiger partial charge is 0.497 e. The molecule has 0 aliphatic rings. The van der Waals surface area contributed by atoms with Crippen LogP contribution in [0.1, 0.15) is 27.4 Å². The number of carbonyl (C=O) groups is 1. The molecule has 2 aromatic carbocycles. The average molecular weight is 495 g/mol. The fourth-order valence-electron chi connectivity index (χ4n) is 3.46. The summed E-state index contributed by atoms with van der Waals surface area (Å²) in [5, 5.41) is 1.01. The molecular weight excluding hydrogens is 472 g/mol. The third kappa shape index (κ3) is 4.78. The summed E-state index contributed by atoms with van der Waals surface area (Å²) in [6.45, 7) is 2.71. The van der Waals surface area contributed by atoms with Crippen molar-refractivity contribution in [3.8, 4) is 11.6 Å². The summed E-state index contributed by atoms with van der Waals surface area (Å²) in [7, 11) is 3.15. The predicted octanol–water partition coefficient (Wildman–Crippen LogP) is 5.76. The highest BCUT2D eigenvalue weighted by atomic mass is 79.9. The second-order valence-electron chi connectivity index (χ2n) is 7.45. The number of hydrogen-bond acceptors (Lipinski definition) is 5. The minimum absolute atomic E-state index is 0.219. The van der Waals surface area contributed by atoms with Gasteiger partial charge >= 0.3 is 0 Å². The monoisotopic (exact) mass is 494 g/mol. The van der Waals surface area contributed by atoms with Crippen LogP contribution in [0.2, 0.25) is 0 Å². The summed E-state index contributed by atoms with van der Waals surface area (Å²) in [6, 6.07) is 19.1. The van der Waals surface area contributed by atoms with Crippen LogP contribution in [0, 0.1) is 6.92 Å². The van der Waals surface area contributed by atoms with Crippen LogP contribution < -0.4 is 9.47 Å². The number of amides is 1. The Hall–Kier alpha value is -3.32. The van der Waals surface area contributed by atoms with Crippen molar-refractivity contribution in [3.05, 3.63) is 87.7 Å². The number of methoxy groups -OCH3 is 2. The van der Waals surface area contributed by atoms with Gasteiger partial charge in [0.1, 0.15) is 22.8 Å². The standard InChI is InChI=1S/C25H23BrN2O4/c1-16-4-7-18-13-20(32-23(18)12-16)15-28(14-17-5-8-19(30-2)9-6-17)25(29)22-11-10-21(26)24(27-22)31-3/h4-13H,14-15H2,1-3H3. The Morgan fingerprint density at radius 3 is 2.50 bits per heavy atom. The number of hydrogen-bond donors (Lipinski definition) is 0. The zero-order valence-electron chi connectivity index (χ0n) is 18.1. The molecule has 0 aliphatic heterocycles. The third-order valence-corrected chi connectivity index (χ3v) is 5.72. The average Bonchev–Trinajstić information content (AvgIpc) is 3.20. The highest BCUT2D eigenvalue weighted by Crippen LogP contribution is 2.25. The molecule has 2 heterocycles. The minimum Gasteiger partial charge on any atom is -0.497 e. The number of carbonyl (C=O) groups excluding carboxylic acids is 1. The first-order valence-corrected chi connectivity index (χ1v) is 10.9. The molecule has 0 atom stereocenters. The van der Waals surface area contributed by atoms with Crippen LogP contribution in [0.25, 0.3) is 11.0 Å². The van der Waals surface area contributed by atoms with Crippen LogP contribution in [-0.2, 0) is 13.1 Å². The van der Waals surface area contributed by atoms with Gasteiger partial charge in [0.15, 0.2) is 0 Å². The number of aromatic nitrogens is 1. The maximum atomic E-state index is 13.5. The Morgan fingerprint density at radius 1 is 1.00 bits per heavy atom. The normalized spacial score (nSPS) is 10.9. The molecule has 0 unspecified atom stereocenters. The van der Waals surface area contributed by atoms with Crippen LogP contribution in [0.3, 0.4) is 0 Å². The SMILES string of the molecule is COc1ccc(CN(Cc2cc3ccc(C)cc3o2)C(=O)c2ccc(Br)c(OC)n2)cc1. The van der Waals surface area contributed by atoms with Gasteiger partial charge in [0.25, 0.3) is 5.91 Å². The Kier molecular flexibility index (Phi) is 6.46. The minimum atomic E-state index is -0.219. The first-order valence-electron chi connectivity index (χ1n) is 10.1. The molecule has 0 saturated carbocycles. The smallest absolute Gasteiger partial charge is 0.273 e. The van der Waals surface area contributed by atoms with Gasteiger partial charge in [-0.15, -0.1) is 0 Å². The van der Waals surface area contributed by atoms with E-state index in [9.17, 15) is 4.79 Å². The molecule has 6 nitrogen and oxygen atoms in total. The van der Waals surface area contributed by atoms with Gasteiger partial charge in [0.05, 0.1) is 25.2 Å². The van der Waals surface area contributed by atoms with Crippen LogP contribution in [0.5, 0.6) is 11.6 Å². The van der Waals surface area contributed by atoms with E-state index in [2.05, 4.69) is 20.9 Å². The van der Waals surface area contributed by atoms with E-state index in [1.165, 1.54) is 7.11 Å². The van der Waals surface area contributed by atoms with E-state index < -0.39 is 0 Å². The van der Waals surface area contributed by atoms with Crippen molar-refractivity contribution in [1.29, 1.82) is 0 Å². The molecule has 0 saturated heterocycles. The maximum Gasteiger partial charge on any atom is 0.273 e. The molecular formula is C25H23BrN2O4. The van der Waals surface area contributed by atoms with E-state index in [1.54, 1.807) is 24.1 Å². The Morgan fingerprint density at radius 2 is 1.78 bits per heavy atom. The van der Waals surface area contributed by atoms with Crippen molar-refractivity contribution in [2.24, 2.45) is 0 Å².